The number of hydrogen-bond acceptors (Lipinski definition) is 2. The molecule has 3 nitrogen and oxygen atoms in total. The van der Waals surface area contributed by atoms with E-state index in [1.807, 2.05) is 12.1 Å². The summed E-state index contributed by atoms with van der Waals surface area (Å²) in [6.45, 7) is 4.05. The Balaban J connectivity index is 1.44. The molecule has 2 aromatic rings. The molecular formula is C26H33ClN2O. The number of amides is 1. The van der Waals surface area contributed by atoms with Crippen molar-refractivity contribution >= 4 is 23.2 Å². The number of benzene rings is 2. The van der Waals surface area contributed by atoms with E-state index in [9.17, 15) is 4.79 Å². The fourth-order valence-electron chi connectivity index (χ4n) is 4.80. The molecule has 1 aliphatic heterocycles. The first kappa shape index (κ1) is 21.2. The monoisotopic (exact) mass is 424 g/mol. The second-order valence-electron chi connectivity index (χ2n) is 9.32. The number of hydrogen-bond donors (Lipinski definition) is 1. The molecule has 2 aromatic carbocycles. The summed E-state index contributed by atoms with van der Waals surface area (Å²) in [4.78, 5) is 14.8. The first-order valence-corrected chi connectivity index (χ1v) is 11.7. The third-order valence-corrected chi connectivity index (χ3v) is 7.34. The molecule has 2 atom stereocenters. The number of nitrogens with two attached hydrogens (primary N) is 1. The van der Waals surface area contributed by atoms with Crippen molar-refractivity contribution in [1.82, 2.24) is 4.90 Å². The molecule has 1 heterocycles. The van der Waals surface area contributed by atoms with E-state index < -0.39 is 0 Å². The van der Waals surface area contributed by atoms with E-state index in [2.05, 4.69) is 42.2 Å². The minimum absolute atomic E-state index is 0.375. The Morgan fingerprint density at radius 3 is 2.73 bits per heavy atom. The minimum atomic E-state index is 0.375. The average Bonchev–Trinajstić information content (AvgIpc) is 3.40. The zero-order valence-corrected chi connectivity index (χ0v) is 18.7. The van der Waals surface area contributed by atoms with Crippen molar-refractivity contribution in [2.45, 2.75) is 51.9 Å². The van der Waals surface area contributed by atoms with Crippen molar-refractivity contribution in [3.05, 3.63) is 64.2 Å². The molecule has 0 bridgehead atoms. The first-order valence-electron chi connectivity index (χ1n) is 11.4. The minimum Gasteiger partial charge on any atom is -0.398 e. The molecular weight excluding hydrogens is 392 g/mol. The predicted octanol–water partition coefficient (Wildman–Crippen LogP) is 5.67. The van der Waals surface area contributed by atoms with Crippen LogP contribution in [0.5, 0.6) is 0 Å². The summed E-state index contributed by atoms with van der Waals surface area (Å²) in [6.07, 6.45) is 7.53. The lowest BCUT2D eigenvalue weighted by molar-refractivity contribution is -0.130. The van der Waals surface area contributed by atoms with Crippen LogP contribution in [0.4, 0.5) is 5.69 Å². The van der Waals surface area contributed by atoms with E-state index in [1.54, 1.807) is 0 Å². The van der Waals surface area contributed by atoms with Gasteiger partial charge in [-0.1, -0.05) is 41.9 Å². The van der Waals surface area contributed by atoms with Crippen LogP contribution in [-0.4, -0.2) is 23.9 Å². The van der Waals surface area contributed by atoms with E-state index >= 15 is 0 Å². The Labute approximate surface area is 185 Å². The Kier molecular flexibility index (Phi) is 6.67. The molecule has 0 spiro atoms. The predicted molar refractivity (Wildman–Crippen MR) is 125 cm³/mol. The molecule has 1 aliphatic carbocycles. The molecule has 1 amide bonds. The fraction of sp³-hybridized carbons (Fsp3) is 0.500. The lowest BCUT2D eigenvalue weighted by Crippen LogP contribution is -2.30. The Morgan fingerprint density at radius 1 is 1.20 bits per heavy atom. The van der Waals surface area contributed by atoms with E-state index in [0.717, 1.165) is 45.2 Å². The Hall–Kier alpha value is -2.00. The van der Waals surface area contributed by atoms with Gasteiger partial charge in [-0.05, 0) is 92.0 Å². The lowest BCUT2D eigenvalue weighted by Gasteiger charge is -2.25. The van der Waals surface area contributed by atoms with Gasteiger partial charge in [0, 0.05) is 19.5 Å². The lowest BCUT2D eigenvalue weighted by atomic mass is 9.81. The van der Waals surface area contributed by atoms with Gasteiger partial charge in [-0.3, -0.25) is 4.79 Å². The maximum absolute atomic E-state index is 12.6. The molecule has 0 radical (unpaired) electrons. The number of nitrogens with zero attached hydrogens (tertiary/aromatic N) is 1. The molecule has 2 N–H and O–H groups in total. The molecule has 4 heteroatoms. The highest BCUT2D eigenvalue weighted by Crippen LogP contribution is 2.36. The van der Waals surface area contributed by atoms with E-state index in [4.69, 9.17) is 17.3 Å². The zero-order chi connectivity index (χ0) is 21.1. The molecule has 2 fully saturated rings. The van der Waals surface area contributed by atoms with Gasteiger partial charge in [0.1, 0.15) is 0 Å². The van der Waals surface area contributed by atoms with Crippen molar-refractivity contribution in [1.29, 1.82) is 0 Å². The largest absolute Gasteiger partial charge is 0.398 e. The quantitative estimate of drug-likeness (QED) is 0.555. The van der Waals surface area contributed by atoms with Crippen LogP contribution < -0.4 is 5.73 Å². The van der Waals surface area contributed by atoms with Crippen LogP contribution in [-0.2, 0) is 17.6 Å². The van der Waals surface area contributed by atoms with Crippen molar-refractivity contribution in [2.75, 3.05) is 18.8 Å². The normalized spacial score (nSPS) is 19.8. The molecule has 1 saturated heterocycles. The van der Waals surface area contributed by atoms with E-state index in [-0.39, 0.29) is 0 Å². The highest BCUT2D eigenvalue weighted by atomic mass is 35.5. The molecule has 2 unspecified atom stereocenters. The molecule has 0 aromatic heterocycles. The molecule has 30 heavy (non-hydrogen) atoms. The van der Waals surface area contributed by atoms with Crippen molar-refractivity contribution < 1.29 is 4.79 Å². The Bertz CT molecular complexity index is 892. The van der Waals surface area contributed by atoms with Crippen LogP contribution in [0.2, 0.25) is 5.02 Å². The smallest absolute Gasteiger partial charge is 0.222 e. The highest BCUT2D eigenvalue weighted by Gasteiger charge is 2.34. The molecule has 160 valence electrons. The summed E-state index contributed by atoms with van der Waals surface area (Å²) in [5.74, 6) is 2.16. The maximum Gasteiger partial charge on any atom is 0.222 e. The van der Waals surface area contributed by atoms with Gasteiger partial charge in [0.05, 0.1) is 10.7 Å². The van der Waals surface area contributed by atoms with Crippen LogP contribution >= 0.6 is 11.6 Å². The van der Waals surface area contributed by atoms with E-state index in [1.165, 1.54) is 29.5 Å². The van der Waals surface area contributed by atoms with Crippen LogP contribution in [0, 0.1) is 24.7 Å². The third kappa shape index (κ3) is 5.37. The molecule has 1 saturated carbocycles. The standard InChI is InChI=1S/C26H33ClN2O/c1-18-4-2-3-5-21(18)16-22(10-8-19-9-11-25(28)24(27)14-19)23-12-13-29(17-23)26(30)15-20-6-7-20/h2-5,9,11,14,20,22-23H,6-8,10,12-13,15-17,28H2,1H3. The first-order chi connectivity index (χ1) is 14.5. The zero-order valence-electron chi connectivity index (χ0n) is 17.9. The number of likely N-dealkylation sites (tertiary alicyclic amines) is 1. The number of carbonyl (C=O) groups is 1. The number of rotatable bonds is 8. The van der Waals surface area contributed by atoms with E-state index in [0.29, 0.717) is 34.4 Å². The van der Waals surface area contributed by atoms with Crippen LogP contribution in [0.15, 0.2) is 42.5 Å². The van der Waals surface area contributed by atoms with Gasteiger partial charge >= 0.3 is 0 Å². The number of halogens is 1. The van der Waals surface area contributed by atoms with Gasteiger partial charge in [0.2, 0.25) is 5.91 Å². The summed E-state index contributed by atoms with van der Waals surface area (Å²) in [7, 11) is 0. The SMILES string of the molecule is Cc1ccccc1CC(CCc1ccc(N)c(Cl)c1)C1CCN(C(=O)CC2CC2)C1. The van der Waals surface area contributed by atoms with Gasteiger partial charge in [0.25, 0.3) is 0 Å². The van der Waals surface area contributed by atoms with Crippen molar-refractivity contribution in [2.24, 2.45) is 17.8 Å². The maximum atomic E-state index is 12.6. The summed E-state index contributed by atoms with van der Waals surface area (Å²) in [5.41, 5.74) is 10.5. The van der Waals surface area contributed by atoms with Crippen LogP contribution in [0.1, 0.15) is 48.8 Å². The van der Waals surface area contributed by atoms with Gasteiger partial charge in [-0.25, -0.2) is 0 Å². The number of carbonyl (C=O) groups excluding carboxylic acids is 1. The third-order valence-electron chi connectivity index (χ3n) is 7.02. The summed E-state index contributed by atoms with van der Waals surface area (Å²) >= 11 is 6.24. The van der Waals surface area contributed by atoms with Gasteiger partial charge in [0.15, 0.2) is 0 Å². The number of aryl methyl sites for hydroxylation is 2. The summed E-state index contributed by atoms with van der Waals surface area (Å²) in [5, 5.41) is 0.640. The topological polar surface area (TPSA) is 46.3 Å². The van der Waals surface area contributed by atoms with Gasteiger partial charge < -0.3 is 10.6 Å². The Morgan fingerprint density at radius 2 is 2.00 bits per heavy atom. The number of nitrogen functional groups attached to an aromatic ring is 1. The molecule has 4 rings (SSSR count). The second kappa shape index (κ2) is 9.43. The summed E-state index contributed by atoms with van der Waals surface area (Å²) in [6, 6.07) is 14.7. The van der Waals surface area contributed by atoms with Gasteiger partial charge in [-0.2, -0.15) is 0 Å². The van der Waals surface area contributed by atoms with Crippen molar-refractivity contribution in [3.63, 3.8) is 0 Å². The van der Waals surface area contributed by atoms with Gasteiger partial charge in [-0.15, -0.1) is 0 Å². The van der Waals surface area contributed by atoms with Crippen LogP contribution in [0.3, 0.4) is 0 Å². The average molecular weight is 425 g/mol. The number of anilines is 1. The second-order valence-corrected chi connectivity index (χ2v) is 9.73. The highest BCUT2D eigenvalue weighted by molar-refractivity contribution is 6.33. The van der Waals surface area contributed by atoms with Crippen molar-refractivity contribution in [3.8, 4) is 0 Å². The summed E-state index contributed by atoms with van der Waals surface area (Å²) < 4.78 is 0. The fourth-order valence-corrected chi connectivity index (χ4v) is 5.00. The van der Waals surface area contributed by atoms with Crippen LogP contribution in [0.25, 0.3) is 0 Å². The molecule has 2 aliphatic rings.